The van der Waals surface area contributed by atoms with E-state index in [-0.39, 0.29) is 16.9 Å². The van der Waals surface area contributed by atoms with Crippen LogP contribution in [0.25, 0.3) is 5.69 Å². The molecule has 0 bridgehead atoms. The number of ether oxygens (including phenoxy) is 2. The normalized spacial score (nSPS) is 10.3. The number of esters is 1. The summed E-state index contributed by atoms with van der Waals surface area (Å²) in [6, 6.07) is 13.7. The summed E-state index contributed by atoms with van der Waals surface area (Å²) in [4.78, 5) is 12.2. The summed E-state index contributed by atoms with van der Waals surface area (Å²) >= 11 is 12.1. The minimum atomic E-state index is -0.673. The maximum atomic E-state index is 12.2. The highest BCUT2D eigenvalue weighted by atomic mass is 35.5. The molecule has 0 atom stereocenters. The smallest absolute Gasteiger partial charge is 0.357 e. The first kappa shape index (κ1) is 18.6. The molecule has 0 spiro atoms. The summed E-state index contributed by atoms with van der Waals surface area (Å²) < 4.78 is 12.2. The summed E-state index contributed by atoms with van der Waals surface area (Å²) in [7, 11) is 1.24. The zero-order chi connectivity index (χ0) is 19.6. The number of hydrogen-bond acceptors (Lipinski definition) is 5. The number of carbonyl (C=O) groups excluding carboxylic acids is 1. The fourth-order valence-corrected chi connectivity index (χ4v) is 2.97. The summed E-state index contributed by atoms with van der Waals surface area (Å²) in [5.74, 6) is 0.105. The number of aromatic nitrogens is 1. The van der Waals surface area contributed by atoms with Crippen molar-refractivity contribution >= 4 is 34.9 Å². The summed E-state index contributed by atoms with van der Waals surface area (Å²) in [5.41, 5.74) is 6.65. The summed E-state index contributed by atoms with van der Waals surface area (Å²) in [6.45, 7) is 0. The van der Waals surface area contributed by atoms with Crippen molar-refractivity contribution < 1.29 is 14.3 Å². The average molecular weight is 402 g/mol. The summed E-state index contributed by atoms with van der Waals surface area (Å²) in [5, 5.41) is 10.1. The van der Waals surface area contributed by atoms with Gasteiger partial charge in [-0.05, 0) is 30.3 Å². The van der Waals surface area contributed by atoms with Gasteiger partial charge in [0.2, 0.25) is 0 Å². The van der Waals surface area contributed by atoms with Crippen molar-refractivity contribution in [3.05, 3.63) is 70.0 Å². The van der Waals surface area contributed by atoms with E-state index in [2.05, 4.69) is 0 Å². The third kappa shape index (κ3) is 3.56. The second-order valence-electron chi connectivity index (χ2n) is 5.42. The van der Waals surface area contributed by atoms with E-state index >= 15 is 0 Å². The monoisotopic (exact) mass is 401 g/mol. The van der Waals surface area contributed by atoms with E-state index in [1.165, 1.54) is 17.9 Å². The second-order valence-corrected chi connectivity index (χ2v) is 6.27. The lowest BCUT2D eigenvalue weighted by molar-refractivity contribution is 0.0593. The van der Waals surface area contributed by atoms with E-state index in [1.807, 2.05) is 6.07 Å². The number of nitriles is 1. The second kappa shape index (κ2) is 7.62. The molecular weight excluding hydrogens is 389 g/mol. The Balaban J connectivity index is 2.15. The Morgan fingerprint density at radius 3 is 2.59 bits per heavy atom. The summed E-state index contributed by atoms with van der Waals surface area (Å²) in [6.07, 6.45) is 1.45. The number of halogens is 2. The molecule has 0 aliphatic rings. The highest BCUT2D eigenvalue weighted by Gasteiger charge is 2.23. The third-order valence-electron chi connectivity index (χ3n) is 3.78. The van der Waals surface area contributed by atoms with Gasteiger partial charge in [-0.2, -0.15) is 5.26 Å². The number of para-hydroxylation sites is 2. The van der Waals surface area contributed by atoms with Gasteiger partial charge in [-0.15, -0.1) is 0 Å². The van der Waals surface area contributed by atoms with Gasteiger partial charge in [0.1, 0.15) is 11.8 Å². The van der Waals surface area contributed by atoms with Crippen LogP contribution < -0.4 is 10.5 Å². The Bertz CT molecular complexity index is 1070. The first-order chi connectivity index (χ1) is 13.0. The van der Waals surface area contributed by atoms with Gasteiger partial charge in [-0.3, -0.25) is 0 Å². The highest BCUT2D eigenvalue weighted by Crippen LogP contribution is 2.36. The van der Waals surface area contributed by atoms with Gasteiger partial charge in [0, 0.05) is 11.2 Å². The molecule has 0 fully saturated rings. The fraction of sp³-hybridized carbons (Fsp3) is 0.0526. The molecule has 0 unspecified atom stereocenters. The lowest BCUT2D eigenvalue weighted by atomic mass is 10.2. The van der Waals surface area contributed by atoms with Gasteiger partial charge in [0.05, 0.1) is 29.1 Å². The van der Waals surface area contributed by atoms with E-state index in [9.17, 15) is 10.1 Å². The number of nitrogens with zero attached hydrogens (tertiary/aromatic N) is 2. The molecule has 0 radical (unpaired) electrons. The quantitative estimate of drug-likeness (QED) is 0.632. The van der Waals surface area contributed by atoms with Crippen molar-refractivity contribution in [2.24, 2.45) is 0 Å². The molecule has 0 saturated heterocycles. The topological polar surface area (TPSA) is 90.3 Å². The Hall–Kier alpha value is -3.14. The number of nitrogen functional groups attached to an aromatic ring is 1. The van der Waals surface area contributed by atoms with Crippen molar-refractivity contribution in [2.45, 2.75) is 0 Å². The predicted octanol–water partition coefficient (Wildman–Crippen LogP) is 4.82. The van der Waals surface area contributed by atoms with E-state index in [0.717, 1.165) is 0 Å². The van der Waals surface area contributed by atoms with Crippen molar-refractivity contribution in [1.82, 2.24) is 4.57 Å². The third-order valence-corrected chi connectivity index (χ3v) is 4.31. The molecule has 0 saturated carbocycles. The maximum absolute atomic E-state index is 12.2. The fourth-order valence-electron chi connectivity index (χ4n) is 2.52. The zero-order valence-corrected chi connectivity index (χ0v) is 15.6. The molecule has 8 heteroatoms. The number of carbonyl (C=O) groups is 1. The lowest BCUT2D eigenvalue weighted by Gasteiger charge is -2.15. The van der Waals surface area contributed by atoms with Crippen LogP contribution in [0, 0.1) is 11.3 Å². The minimum Gasteiger partial charge on any atom is -0.464 e. The molecule has 6 nitrogen and oxygen atoms in total. The molecule has 1 aromatic heterocycles. The van der Waals surface area contributed by atoms with E-state index in [1.54, 1.807) is 42.5 Å². The molecular formula is C19H13Cl2N3O3. The number of benzene rings is 2. The number of anilines is 1. The van der Waals surface area contributed by atoms with Gasteiger partial charge in [0.15, 0.2) is 11.4 Å². The van der Waals surface area contributed by atoms with Gasteiger partial charge in [0.25, 0.3) is 0 Å². The minimum absolute atomic E-state index is 0.0312. The van der Waals surface area contributed by atoms with Crippen LogP contribution in [-0.4, -0.2) is 17.6 Å². The van der Waals surface area contributed by atoms with Crippen molar-refractivity contribution in [1.29, 1.82) is 5.26 Å². The Morgan fingerprint density at radius 2 is 1.93 bits per heavy atom. The largest absolute Gasteiger partial charge is 0.464 e. The van der Waals surface area contributed by atoms with Gasteiger partial charge >= 0.3 is 5.97 Å². The van der Waals surface area contributed by atoms with Crippen LogP contribution in [-0.2, 0) is 4.74 Å². The van der Waals surface area contributed by atoms with Crippen LogP contribution in [0.1, 0.15) is 16.1 Å². The lowest BCUT2D eigenvalue weighted by Crippen LogP contribution is -2.11. The number of rotatable bonds is 4. The Kier molecular flexibility index (Phi) is 5.26. The molecule has 2 aromatic carbocycles. The van der Waals surface area contributed by atoms with Crippen LogP contribution in [0.15, 0.2) is 48.7 Å². The van der Waals surface area contributed by atoms with Crippen LogP contribution in [0.4, 0.5) is 5.69 Å². The molecule has 0 amide bonds. The van der Waals surface area contributed by atoms with Crippen molar-refractivity contribution in [2.75, 3.05) is 12.8 Å². The van der Waals surface area contributed by atoms with Gasteiger partial charge < -0.3 is 19.8 Å². The molecule has 0 aliphatic heterocycles. The molecule has 2 N–H and O–H groups in total. The number of hydrogen-bond donors (Lipinski definition) is 1. The molecule has 3 aromatic rings. The highest BCUT2D eigenvalue weighted by molar-refractivity contribution is 6.35. The predicted molar refractivity (Wildman–Crippen MR) is 103 cm³/mol. The average Bonchev–Trinajstić information content (AvgIpc) is 3.00. The number of methoxy groups -OCH3 is 1. The first-order valence-corrected chi connectivity index (χ1v) is 8.43. The first-order valence-electron chi connectivity index (χ1n) is 7.67. The maximum Gasteiger partial charge on any atom is 0.357 e. The number of nitrogens with two attached hydrogens (primary N) is 1. The van der Waals surface area contributed by atoms with Gasteiger partial charge in [-0.25, -0.2) is 4.79 Å². The zero-order valence-electron chi connectivity index (χ0n) is 14.1. The molecule has 27 heavy (non-hydrogen) atoms. The van der Waals surface area contributed by atoms with Crippen LogP contribution in [0.2, 0.25) is 10.0 Å². The molecule has 3 rings (SSSR count). The Morgan fingerprint density at radius 1 is 1.19 bits per heavy atom. The van der Waals surface area contributed by atoms with Crippen molar-refractivity contribution in [3.63, 3.8) is 0 Å². The van der Waals surface area contributed by atoms with Crippen LogP contribution in [0.3, 0.4) is 0 Å². The van der Waals surface area contributed by atoms with Crippen molar-refractivity contribution in [3.8, 4) is 23.3 Å². The molecule has 0 aliphatic carbocycles. The molecule has 136 valence electrons. The van der Waals surface area contributed by atoms with Crippen LogP contribution in [0.5, 0.6) is 11.5 Å². The van der Waals surface area contributed by atoms with E-state index in [0.29, 0.717) is 27.2 Å². The standard InChI is InChI=1S/C19H13Cl2N3O3/c1-26-19(25)18-17(23)11(9-22)10-24(18)14-4-2-3-5-16(14)27-15-7-6-12(20)8-13(15)21/h2-8,10H,23H2,1H3. The SMILES string of the molecule is COC(=O)c1c(N)c(C#N)cn1-c1ccccc1Oc1ccc(Cl)cc1Cl. The Labute approximate surface area is 165 Å². The van der Waals surface area contributed by atoms with E-state index in [4.69, 9.17) is 38.4 Å². The van der Waals surface area contributed by atoms with E-state index < -0.39 is 5.97 Å². The molecule has 1 heterocycles. The van der Waals surface area contributed by atoms with Crippen LogP contribution >= 0.6 is 23.2 Å². The van der Waals surface area contributed by atoms with Gasteiger partial charge in [-0.1, -0.05) is 35.3 Å².